The summed E-state index contributed by atoms with van der Waals surface area (Å²) in [4.78, 5) is 35.8. The summed E-state index contributed by atoms with van der Waals surface area (Å²) < 4.78 is 10.9. The third kappa shape index (κ3) is 10.9. The van der Waals surface area contributed by atoms with Gasteiger partial charge in [0, 0.05) is 6.42 Å². The van der Waals surface area contributed by atoms with Gasteiger partial charge in [-0.1, -0.05) is 47.6 Å². The van der Waals surface area contributed by atoms with Crippen molar-refractivity contribution in [1.82, 2.24) is 0 Å². The lowest BCUT2D eigenvalue weighted by molar-refractivity contribution is -0.402. The molecule has 164 valence electrons. The first kappa shape index (κ1) is 26.9. The smallest absolute Gasteiger partial charge is 0.311 e. The SMILES string of the molecule is CC(C)(C)CC(=O)Oc1ccc(C[C@H]([NH3+])C(N)=O)cc1OC(=O)CC(C)(C)C.[Cl-]. The molecule has 0 unspecified atom stereocenters. The lowest BCUT2D eigenvalue weighted by Gasteiger charge is -2.19. The van der Waals surface area contributed by atoms with Gasteiger partial charge in [-0.3, -0.25) is 14.4 Å². The Hall–Kier alpha value is -2.12. The highest BCUT2D eigenvalue weighted by molar-refractivity contribution is 5.79. The van der Waals surface area contributed by atoms with E-state index in [1.54, 1.807) is 18.2 Å². The van der Waals surface area contributed by atoms with Crippen LogP contribution < -0.4 is 33.3 Å². The van der Waals surface area contributed by atoms with Crippen LogP contribution in [0.1, 0.15) is 59.9 Å². The molecule has 0 aromatic heterocycles. The first-order valence-corrected chi connectivity index (χ1v) is 9.33. The first-order valence-electron chi connectivity index (χ1n) is 9.33. The normalized spacial score (nSPS) is 12.5. The molecule has 0 fully saturated rings. The molecule has 1 aromatic rings. The second kappa shape index (κ2) is 10.6. The van der Waals surface area contributed by atoms with Crippen molar-refractivity contribution in [3.8, 4) is 11.5 Å². The summed E-state index contributed by atoms with van der Waals surface area (Å²) in [7, 11) is 0. The lowest BCUT2D eigenvalue weighted by atomic mass is 9.92. The topological polar surface area (TPSA) is 123 Å². The average molecular weight is 429 g/mol. The number of esters is 2. The van der Waals surface area contributed by atoms with Gasteiger partial charge in [-0.05, 0) is 28.5 Å². The van der Waals surface area contributed by atoms with Crippen LogP contribution in [-0.4, -0.2) is 23.9 Å². The van der Waals surface area contributed by atoms with E-state index < -0.39 is 23.9 Å². The van der Waals surface area contributed by atoms with E-state index >= 15 is 0 Å². The van der Waals surface area contributed by atoms with Gasteiger partial charge in [0.25, 0.3) is 5.91 Å². The molecular weight excluding hydrogens is 396 g/mol. The zero-order valence-electron chi connectivity index (χ0n) is 18.1. The van der Waals surface area contributed by atoms with Gasteiger partial charge in [0.15, 0.2) is 17.5 Å². The number of hydrogen-bond donors (Lipinski definition) is 2. The van der Waals surface area contributed by atoms with E-state index in [1.807, 2.05) is 41.5 Å². The number of carbonyl (C=O) groups excluding carboxylic acids is 3. The van der Waals surface area contributed by atoms with Crippen molar-refractivity contribution in [3.05, 3.63) is 23.8 Å². The number of ether oxygens (including phenoxy) is 2. The second-order valence-electron chi connectivity index (χ2n) is 9.51. The van der Waals surface area contributed by atoms with Crippen LogP contribution in [0, 0.1) is 10.8 Å². The molecule has 0 heterocycles. The highest BCUT2D eigenvalue weighted by Crippen LogP contribution is 2.32. The van der Waals surface area contributed by atoms with Crippen LogP contribution in [0.4, 0.5) is 0 Å². The van der Waals surface area contributed by atoms with Gasteiger partial charge in [-0.2, -0.15) is 0 Å². The molecule has 7 nitrogen and oxygen atoms in total. The van der Waals surface area contributed by atoms with E-state index in [9.17, 15) is 14.4 Å². The minimum absolute atomic E-state index is 0. The van der Waals surface area contributed by atoms with Crippen LogP contribution >= 0.6 is 0 Å². The number of benzene rings is 1. The van der Waals surface area contributed by atoms with E-state index in [2.05, 4.69) is 5.73 Å². The van der Waals surface area contributed by atoms with Crippen molar-refractivity contribution in [3.63, 3.8) is 0 Å². The molecule has 29 heavy (non-hydrogen) atoms. The number of carbonyl (C=O) groups is 3. The summed E-state index contributed by atoms with van der Waals surface area (Å²) >= 11 is 0. The predicted molar refractivity (Wildman–Crippen MR) is 105 cm³/mol. The molecule has 0 aliphatic heterocycles. The van der Waals surface area contributed by atoms with E-state index in [0.717, 1.165) is 0 Å². The summed E-state index contributed by atoms with van der Waals surface area (Å²) in [6, 6.07) is 4.22. The molecule has 1 amide bonds. The van der Waals surface area contributed by atoms with Crippen LogP contribution in [-0.2, 0) is 20.8 Å². The molecule has 0 saturated heterocycles. The summed E-state index contributed by atoms with van der Waals surface area (Å²) in [5.41, 5.74) is 9.21. The molecule has 0 spiro atoms. The van der Waals surface area contributed by atoms with Crippen LogP contribution in [0.15, 0.2) is 18.2 Å². The maximum absolute atomic E-state index is 12.3. The molecule has 5 N–H and O–H groups in total. The molecule has 0 bridgehead atoms. The van der Waals surface area contributed by atoms with Crippen molar-refractivity contribution < 1.29 is 42.0 Å². The molecule has 8 heteroatoms. The Morgan fingerprint density at radius 3 is 1.79 bits per heavy atom. The highest BCUT2D eigenvalue weighted by Gasteiger charge is 2.23. The van der Waals surface area contributed by atoms with Crippen LogP contribution in [0.3, 0.4) is 0 Å². The number of rotatable bonds is 7. The Bertz CT molecular complexity index is 736. The Morgan fingerprint density at radius 2 is 1.38 bits per heavy atom. The summed E-state index contributed by atoms with van der Waals surface area (Å²) in [6.07, 6.45) is 0.702. The molecule has 1 aromatic carbocycles. The fraction of sp³-hybridized carbons (Fsp3) is 0.571. The maximum Gasteiger partial charge on any atom is 0.311 e. The van der Waals surface area contributed by atoms with Crippen molar-refractivity contribution in [1.29, 1.82) is 0 Å². The van der Waals surface area contributed by atoms with Crippen molar-refractivity contribution in [2.75, 3.05) is 0 Å². The minimum atomic E-state index is -0.618. The number of halogens is 1. The van der Waals surface area contributed by atoms with Crippen LogP contribution in [0.5, 0.6) is 11.5 Å². The average Bonchev–Trinajstić information content (AvgIpc) is 2.45. The van der Waals surface area contributed by atoms with Crippen molar-refractivity contribution in [2.24, 2.45) is 16.6 Å². The third-order valence-electron chi connectivity index (χ3n) is 3.69. The Kier molecular flexibility index (Phi) is 9.82. The van der Waals surface area contributed by atoms with Gasteiger partial charge < -0.3 is 33.3 Å². The number of nitrogens with two attached hydrogens (primary N) is 1. The number of quaternary nitrogens is 1. The molecule has 1 rings (SSSR count). The van der Waals surface area contributed by atoms with Gasteiger partial charge in [-0.25, -0.2) is 0 Å². The lowest BCUT2D eigenvalue weighted by Crippen LogP contribution is -3.00. The van der Waals surface area contributed by atoms with E-state index in [-0.39, 0.29) is 54.0 Å². The standard InChI is InChI=1S/C21H32N2O5.ClH/c1-20(2,3)11-17(24)27-15-8-7-13(9-14(22)19(23)26)10-16(15)28-18(25)12-21(4,5)6;/h7-8,10,14H,9,11-12,22H2,1-6H3,(H2,23,26);1H/t14-;/m0./s1. The maximum atomic E-state index is 12.3. The Morgan fingerprint density at radius 1 is 0.931 bits per heavy atom. The largest absolute Gasteiger partial charge is 1.00 e. The zero-order chi connectivity index (χ0) is 21.7. The van der Waals surface area contributed by atoms with Crippen molar-refractivity contribution in [2.45, 2.75) is 66.8 Å². The van der Waals surface area contributed by atoms with E-state index in [1.165, 1.54) is 0 Å². The van der Waals surface area contributed by atoms with Crippen LogP contribution in [0.2, 0.25) is 0 Å². The Balaban J connectivity index is 0.00000784. The molecule has 1 atom stereocenters. The molecule has 0 aliphatic rings. The summed E-state index contributed by atoms with van der Waals surface area (Å²) in [5, 5.41) is 0. The predicted octanol–water partition coefficient (Wildman–Crippen LogP) is -0.988. The van der Waals surface area contributed by atoms with E-state index in [0.29, 0.717) is 5.56 Å². The molecule has 0 radical (unpaired) electrons. The number of amides is 1. The molecular formula is C21H33ClN2O5. The molecule has 0 saturated carbocycles. The number of hydrogen-bond acceptors (Lipinski definition) is 5. The van der Waals surface area contributed by atoms with E-state index in [4.69, 9.17) is 15.2 Å². The fourth-order valence-electron chi connectivity index (χ4n) is 2.41. The van der Waals surface area contributed by atoms with Gasteiger partial charge in [-0.15, -0.1) is 0 Å². The second-order valence-corrected chi connectivity index (χ2v) is 9.51. The van der Waals surface area contributed by atoms with Gasteiger partial charge in [0.1, 0.15) is 0 Å². The van der Waals surface area contributed by atoms with Crippen LogP contribution in [0.25, 0.3) is 0 Å². The minimum Gasteiger partial charge on any atom is -1.00 e. The summed E-state index contributed by atoms with van der Waals surface area (Å²) in [5.74, 6) is -1.06. The van der Waals surface area contributed by atoms with Gasteiger partial charge >= 0.3 is 11.9 Å². The third-order valence-corrected chi connectivity index (χ3v) is 3.69. The van der Waals surface area contributed by atoms with Crippen molar-refractivity contribution >= 4 is 17.8 Å². The van der Waals surface area contributed by atoms with Gasteiger partial charge in [0.05, 0.1) is 12.8 Å². The number of primary amides is 1. The quantitative estimate of drug-likeness (QED) is 0.426. The van der Waals surface area contributed by atoms with Gasteiger partial charge in [0.2, 0.25) is 0 Å². The molecule has 0 aliphatic carbocycles. The first-order chi connectivity index (χ1) is 12.7. The highest BCUT2D eigenvalue weighted by atomic mass is 35.5. The Labute approximate surface area is 178 Å². The fourth-order valence-corrected chi connectivity index (χ4v) is 2.41. The summed E-state index contributed by atoms with van der Waals surface area (Å²) in [6.45, 7) is 11.6. The monoisotopic (exact) mass is 428 g/mol. The zero-order valence-corrected chi connectivity index (χ0v) is 18.9.